The van der Waals surface area contributed by atoms with Crippen molar-refractivity contribution < 1.29 is 8.78 Å². The molecule has 0 aliphatic heterocycles. The predicted molar refractivity (Wildman–Crippen MR) is 56.7 cm³/mol. The van der Waals surface area contributed by atoms with Gasteiger partial charge in [0.15, 0.2) is 5.82 Å². The molecule has 0 radical (unpaired) electrons. The molecule has 4 nitrogen and oxygen atoms in total. The second-order valence-electron chi connectivity index (χ2n) is 3.19. The van der Waals surface area contributed by atoms with Crippen LogP contribution in [0.4, 0.5) is 8.78 Å². The third-order valence-electron chi connectivity index (χ3n) is 2.17. The maximum Gasteiger partial charge on any atom is 0.214 e. The molecule has 16 heavy (non-hydrogen) atoms. The van der Waals surface area contributed by atoms with E-state index in [4.69, 9.17) is 18.1 Å². The molecule has 2 rings (SSSR count). The summed E-state index contributed by atoms with van der Waals surface area (Å²) >= 11 is 4.79. The van der Waals surface area contributed by atoms with Crippen LogP contribution in [-0.4, -0.2) is 14.9 Å². The number of nitrogen functional groups attached to an aromatic ring is 1. The van der Waals surface area contributed by atoms with Crippen LogP contribution in [0.5, 0.6) is 0 Å². The quantitative estimate of drug-likeness (QED) is 0.620. The zero-order valence-electron chi connectivity index (χ0n) is 8.08. The van der Waals surface area contributed by atoms with Crippen molar-refractivity contribution in [2.24, 2.45) is 0 Å². The number of nitrogens with zero attached hydrogens (tertiary/aromatic N) is 2. The summed E-state index contributed by atoms with van der Waals surface area (Å²) in [5.74, 6) is 4.54. The highest BCUT2D eigenvalue weighted by molar-refractivity contribution is 7.71. The molecule has 1 heterocycles. The Balaban J connectivity index is 2.41. The van der Waals surface area contributed by atoms with E-state index in [-0.39, 0.29) is 22.6 Å². The molecular formula is C9H8F2N4S. The number of rotatable bonds is 2. The van der Waals surface area contributed by atoms with Crippen LogP contribution in [0, 0.1) is 16.4 Å². The number of hydrogen-bond donors (Lipinski definition) is 2. The van der Waals surface area contributed by atoms with Gasteiger partial charge in [-0.05, 0) is 24.4 Å². The van der Waals surface area contributed by atoms with Crippen LogP contribution in [0.25, 0.3) is 0 Å². The topological polar surface area (TPSA) is 59.6 Å². The minimum Gasteiger partial charge on any atom is -0.335 e. The van der Waals surface area contributed by atoms with Crippen molar-refractivity contribution in [1.82, 2.24) is 14.9 Å². The Kier molecular flexibility index (Phi) is 2.69. The summed E-state index contributed by atoms with van der Waals surface area (Å²) in [5, 5.41) is 6.22. The fourth-order valence-electron chi connectivity index (χ4n) is 1.32. The normalized spacial score (nSPS) is 10.6. The molecule has 3 N–H and O–H groups in total. The largest absolute Gasteiger partial charge is 0.335 e. The van der Waals surface area contributed by atoms with Crippen LogP contribution < -0.4 is 5.84 Å². The van der Waals surface area contributed by atoms with Gasteiger partial charge in [-0.1, -0.05) is 6.07 Å². The van der Waals surface area contributed by atoms with Crippen LogP contribution >= 0.6 is 12.2 Å². The lowest BCUT2D eigenvalue weighted by Gasteiger charge is -2.03. The molecule has 0 bridgehead atoms. The number of hydrogen-bond acceptors (Lipinski definition) is 3. The Morgan fingerprint density at radius 1 is 1.38 bits per heavy atom. The fraction of sp³-hybridized carbons (Fsp3) is 0.111. The number of halogens is 2. The first-order valence-electron chi connectivity index (χ1n) is 4.44. The van der Waals surface area contributed by atoms with E-state index < -0.39 is 11.6 Å². The van der Waals surface area contributed by atoms with Gasteiger partial charge in [0.1, 0.15) is 11.6 Å². The van der Waals surface area contributed by atoms with Crippen LogP contribution in [0.15, 0.2) is 18.2 Å². The molecule has 7 heteroatoms. The van der Waals surface area contributed by atoms with Gasteiger partial charge in [-0.2, -0.15) is 5.10 Å². The van der Waals surface area contributed by atoms with Gasteiger partial charge in [-0.15, -0.1) is 0 Å². The number of aromatic nitrogens is 3. The summed E-state index contributed by atoms with van der Waals surface area (Å²) < 4.78 is 27.9. The SMILES string of the molecule is Nn1c(Cc2c(F)cccc2F)n[nH]c1=S. The summed E-state index contributed by atoms with van der Waals surface area (Å²) in [6.45, 7) is 0. The van der Waals surface area contributed by atoms with Crippen molar-refractivity contribution in [3.8, 4) is 0 Å². The zero-order valence-corrected chi connectivity index (χ0v) is 8.89. The minimum absolute atomic E-state index is 0.0534. The molecular weight excluding hydrogens is 234 g/mol. The highest BCUT2D eigenvalue weighted by atomic mass is 32.1. The van der Waals surface area contributed by atoms with Crippen molar-refractivity contribution in [1.29, 1.82) is 0 Å². The molecule has 0 spiro atoms. The summed E-state index contributed by atoms with van der Waals surface area (Å²) in [6, 6.07) is 3.66. The van der Waals surface area contributed by atoms with Crippen molar-refractivity contribution in [3.63, 3.8) is 0 Å². The van der Waals surface area contributed by atoms with Gasteiger partial charge in [0.25, 0.3) is 0 Å². The van der Waals surface area contributed by atoms with Crippen LogP contribution in [0.3, 0.4) is 0 Å². The van der Waals surface area contributed by atoms with Gasteiger partial charge in [0.2, 0.25) is 4.77 Å². The van der Waals surface area contributed by atoms with Crippen LogP contribution in [0.2, 0.25) is 0 Å². The summed E-state index contributed by atoms with van der Waals surface area (Å²) in [5.41, 5.74) is -0.0804. The van der Waals surface area contributed by atoms with Gasteiger partial charge < -0.3 is 5.84 Å². The molecule has 0 unspecified atom stereocenters. The summed E-state index contributed by atoms with van der Waals surface area (Å²) in [6.07, 6.45) is -0.0534. The fourth-order valence-corrected chi connectivity index (χ4v) is 1.47. The Hall–Kier alpha value is -1.76. The van der Waals surface area contributed by atoms with E-state index in [1.807, 2.05) is 0 Å². The molecule has 1 aromatic heterocycles. The van der Waals surface area contributed by atoms with E-state index in [9.17, 15) is 8.78 Å². The Morgan fingerprint density at radius 2 is 2.00 bits per heavy atom. The number of aromatic amines is 1. The third-order valence-corrected chi connectivity index (χ3v) is 2.46. The maximum atomic E-state index is 13.3. The first-order valence-corrected chi connectivity index (χ1v) is 4.84. The number of H-pyrrole nitrogens is 1. The first kappa shape index (κ1) is 10.7. The van der Waals surface area contributed by atoms with Gasteiger partial charge in [0.05, 0.1) is 0 Å². The Labute approximate surface area is 94.7 Å². The Morgan fingerprint density at radius 3 is 2.50 bits per heavy atom. The monoisotopic (exact) mass is 242 g/mol. The minimum atomic E-state index is -0.631. The van der Waals surface area contributed by atoms with Crippen molar-refractivity contribution in [3.05, 3.63) is 46.0 Å². The molecule has 0 aliphatic carbocycles. The van der Waals surface area contributed by atoms with Gasteiger partial charge >= 0.3 is 0 Å². The van der Waals surface area contributed by atoms with E-state index in [1.54, 1.807) is 0 Å². The summed E-state index contributed by atoms with van der Waals surface area (Å²) in [7, 11) is 0. The molecule has 0 aliphatic rings. The maximum absolute atomic E-state index is 13.3. The molecule has 0 saturated carbocycles. The standard InChI is InChI=1S/C9H8F2N4S/c10-6-2-1-3-7(11)5(6)4-8-13-14-9(16)15(8)12/h1-3H,4,12H2,(H,14,16). The molecule has 0 amide bonds. The third kappa shape index (κ3) is 1.81. The molecule has 0 atom stereocenters. The van der Waals surface area contributed by atoms with Crippen molar-refractivity contribution >= 4 is 12.2 Å². The van der Waals surface area contributed by atoms with E-state index in [2.05, 4.69) is 10.2 Å². The van der Waals surface area contributed by atoms with Crippen molar-refractivity contribution in [2.45, 2.75) is 6.42 Å². The van der Waals surface area contributed by atoms with Gasteiger partial charge in [-0.25, -0.2) is 13.5 Å². The molecule has 0 saturated heterocycles. The molecule has 0 fully saturated rings. The Bertz CT molecular complexity index is 555. The summed E-state index contributed by atoms with van der Waals surface area (Å²) in [4.78, 5) is 0. The lowest BCUT2D eigenvalue weighted by Crippen LogP contribution is -2.14. The second kappa shape index (κ2) is 4.01. The van der Waals surface area contributed by atoms with E-state index >= 15 is 0 Å². The van der Waals surface area contributed by atoms with E-state index in [0.717, 1.165) is 4.68 Å². The molecule has 1 aromatic carbocycles. The van der Waals surface area contributed by atoms with Crippen LogP contribution in [0.1, 0.15) is 11.4 Å². The average Bonchev–Trinajstić information content (AvgIpc) is 2.55. The lowest BCUT2D eigenvalue weighted by molar-refractivity contribution is 0.558. The lowest BCUT2D eigenvalue weighted by atomic mass is 10.1. The van der Waals surface area contributed by atoms with Gasteiger partial charge in [-0.3, -0.25) is 5.10 Å². The highest BCUT2D eigenvalue weighted by Crippen LogP contribution is 2.15. The number of nitrogens with one attached hydrogen (secondary N) is 1. The molecule has 2 aromatic rings. The van der Waals surface area contributed by atoms with E-state index in [1.165, 1.54) is 18.2 Å². The zero-order chi connectivity index (χ0) is 11.7. The van der Waals surface area contributed by atoms with E-state index in [0.29, 0.717) is 0 Å². The number of nitrogens with two attached hydrogens (primary N) is 1. The average molecular weight is 242 g/mol. The van der Waals surface area contributed by atoms with Gasteiger partial charge in [0, 0.05) is 12.0 Å². The van der Waals surface area contributed by atoms with Crippen LogP contribution in [-0.2, 0) is 6.42 Å². The second-order valence-corrected chi connectivity index (χ2v) is 3.58. The van der Waals surface area contributed by atoms with Crippen molar-refractivity contribution in [2.75, 3.05) is 5.84 Å². The first-order chi connectivity index (χ1) is 7.59. The predicted octanol–water partition coefficient (Wildman–Crippen LogP) is 1.52. The highest BCUT2D eigenvalue weighted by Gasteiger charge is 2.12. The molecule has 84 valence electrons. The number of benzene rings is 1. The smallest absolute Gasteiger partial charge is 0.214 e.